The van der Waals surface area contributed by atoms with E-state index in [1.807, 2.05) is 20.8 Å². The van der Waals surface area contributed by atoms with E-state index in [1.54, 1.807) is 12.0 Å². The maximum atomic E-state index is 12.0. The molecule has 1 saturated heterocycles. The summed E-state index contributed by atoms with van der Waals surface area (Å²) in [5.41, 5.74) is -0.455. The molecule has 0 spiro atoms. The van der Waals surface area contributed by atoms with Crippen molar-refractivity contribution in [2.45, 2.75) is 52.7 Å². The molecule has 1 amide bonds. The van der Waals surface area contributed by atoms with Gasteiger partial charge in [0.15, 0.2) is 0 Å². The summed E-state index contributed by atoms with van der Waals surface area (Å²) >= 11 is 0. The summed E-state index contributed by atoms with van der Waals surface area (Å²) in [6.45, 7) is 11.3. The van der Waals surface area contributed by atoms with Gasteiger partial charge in [-0.3, -0.25) is 0 Å². The largest absolute Gasteiger partial charge is 0.444 e. The first-order valence-electron chi connectivity index (χ1n) is 6.16. The van der Waals surface area contributed by atoms with Crippen molar-refractivity contribution in [1.82, 2.24) is 4.90 Å². The smallest absolute Gasteiger partial charge is 0.410 e. The lowest BCUT2D eigenvalue weighted by molar-refractivity contribution is -0.0571. The zero-order valence-electron chi connectivity index (χ0n) is 11.9. The van der Waals surface area contributed by atoms with Gasteiger partial charge in [0.05, 0.1) is 6.10 Å². The number of amides is 1. The van der Waals surface area contributed by atoms with E-state index in [1.165, 1.54) is 0 Å². The lowest BCUT2D eigenvalue weighted by atomic mass is 9.81. The third kappa shape index (κ3) is 3.87. The number of ether oxygens (including phenoxy) is 2. The Morgan fingerprint density at radius 2 is 1.94 bits per heavy atom. The molecule has 0 saturated carbocycles. The average molecular weight is 243 g/mol. The van der Waals surface area contributed by atoms with Crippen LogP contribution in [-0.4, -0.2) is 42.9 Å². The van der Waals surface area contributed by atoms with Gasteiger partial charge in [-0.2, -0.15) is 0 Å². The molecule has 1 aliphatic heterocycles. The van der Waals surface area contributed by atoms with Crippen LogP contribution in [0.1, 0.15) is 41.0 Å². The Hall–Kier alpha value is -0.770. The Morgan fingerprint density at radius 1 is 1.35 bits per heavy atom. The van der Waals surface area contributed by atoms with Crippen LogP contribution < -0.4 is 0 Å². The van der Waals surface area contributed by atoms with E-state index >= 15 is 0 Å². The first kappa shape index (κ1) is 14.3. The highest BCUT2D eigenvalue weighted by Gasteiger charge is 2.38. The molecule has 1 fully saturated rings. The predicted octanol–water partition coefficient (Wildman–Crippen LogP) is 2.67. The van der Waals surface area contributed by atoms with Crippen LogP contribution in [0.2, 0.25) is 0 Å². The molecule has 17 heavy (non-hydrogen) atoms. The Morgan fingerprint density at radius 3 is 2.35 bits per heavy atom. The Bertz CT molecular complexity index is 281. The van der Waals surface area contributed by atoms with Gasteiger partial charge < -0.3 is 14.4 Å². The van der Waals surface area contributed by atoms with Crippen molar-refractivity contribution in [2.75, 3.05) is 20.2 Å². The third-order valence-electron chi connectivity index (χ3n) is 3.07. The van der Waals surface area contributed by atoms with Crippen LogP contribution in [0.25, 0.3) is 0 Å². The molecule has 1 aliphatic rings. The normalized spacial score (nSPS) is 24.6. The third-order valence-corrected chi connectivity index (χ3v) is 3.07. The van der Waals surface area contributed by atoms with Gasteiger partial charge in [0.1, 0.15) is 5.60 Å². The van der Waals surface area contributed by atoms with Crippen LogP contribution in [0.5, 0.6) is 0 Å². The quantitative estimate of drug-likeness (QED) is 0.710. The van der Waals surface area contributed by atoms with Gasteiger partial charge in [0.2, 0.25) is 0 Å². The van der Waals surface area contributed by atoms with E-state index < -0.39 is 5.60 Å². The van der Waals surface area contributed by atoms with Crippen LogP contribution in [0.15, 0.2) is 0 Å². The number of carbonyl (C=O) groups is 1. The molecule has 4 heteroatoms. The van der Waals surface area contributed by atoms with E-state index in [9.17, 15) is 4.79 Å². The van der Waals surface area contributed by atoms with Gasteiger partial charge in [-0.15, -0.1) is 0 Å². The zero-order chi connectivity index (χ0) is 13.3. The van der Waals surface area contributed by atoms with E-state index in [4.69, 9.17) is 9.47 Å². The Labute approximate surface area is 104 Å². The summed E-state index contributed by atoms with van der Waals surface area (Å²) in [6, 6.07) is 0. The lowest BCUT2D eigenvalue weighted by Crippen LogP contribution is -2.52. The van der Waals surface area contributed by atoms with E-state index in [0.717, 1.165) is 6.42 Å². The van der Waals surface area contributed by atoms with Gasteiger partial charge >= 0.3 is 6.09 Å². The summed E-state index contributed by atoms with van der Waals surface area (Å²) in [6.07, 6.45) is 0.851. The average Bonchev–Trinajstić information content (AvgIpc) is 2.13. The van der Waals surface area contributed by atoms with Gasteiger partial charge in [-0.05, 0) is 27.2 Å². The SMILES string of the molecule is COC1CCN(C(=O)OC(C)(C)C)CC1(C)C. The monoisotopic (exact) mass is 243 g/mol. The molecule has 0 aliphatic carbocycles. The number of methoxy groups -OCH3 is 1. The molecular weight excluding hydrogens is 218 g/mol. The highest BCUT2D eigenvalue weighted by atomic mass is 16.6. The van der Waals surface area contributed by atoms with Crippen LogP contribution >= 0.6 is 0 Å². The molecule has 4 nitrogen and oxygen atoms in total. The van der Waals surface area contributed by atoms with Gasteiger partial charge in [-0.1, -0.05) is 13.8 Å². The summed E-state index contributed by atoms with van der Waals surface area (Å²) in [5.74, 6) is 0. The molecule has 1 heterocycles. The number of rotatable bonds is 1. The molecule has 0 aromatic heterocycles. The Balaban J connectivity index is 2.62. The second-order valence-corrected chi connectivity index (χ2v) is 6.40. The highest BCUT2D eigenvalue weighted by molar-refractivity contribution is 5.68. The van der Waals surface area contributed by atoms with Crippen molar-refractivity contribution in [3.8, 4) is 0 Å². The molecule has 0 N–H and O–H groups in total. The Kier molecular flexibility index (Phi) is 4.07. The van der Waals surface area contributed by atoms with Gasteiger partial charge in [-0.25, -0.2) is 4.79 Å². The first-order valence-corrected chi connectivity index (χ1v) is 6.16. The minimum Gasteiger partial charge on any atom is -0.444 e. The fourth-order valence-electron chi connectivity index (χ4n) is 2.26. The van der Waals surface area contributed by atoms with Crippen LogP contribution in [0.3, 0.4) is 0 Å². The molecule has 0 radical (unpaired) electrons. The second kappa shape index (κ2) is 4.84. The number of hydrogen-bond donors (Lipinski definition) is 0. The molecule has 1 unspecified atom stereocenters. The number of carbonyl (C=O) groups excluding carboxylic acids is 1. The summed E-state index contributed by atoms with van der Waals surface area (Å²) in [5, 5.41) is 0. The second-order valence-electron chi connectivity index (χ2n) is 6.40. The maximum Gasteiger partial charge on any atom is 0.410 e. The summed E-state index contributed by atoms with van der Waals surface area (Å²) in [4.78, 5) is 13.7. The maximum absolute atomic E-state index is 12.0. The number of likely N-dealkylation sites (tertiary alicyclic amines) is 1. The lowest BCUT2D eigenvalue weighted by Gasteiger charge is -2.43. The first-order chi connectivity index (χ1) is 7.65. The standard InChI is InChI=1S/C13H25NO3/c1-12(2,3)17-11(15)14-8-7-10(16-6)13(4,5)9-14/h10H,7-9H2,1-6H3. The van der Waals surface area contributed by atoms with E-state index in [2.05, 4.69) is 13.8 Å². The van der Waals surface area contributed by atoms with Gasteiger partial charge in [0.25, 0.3) is 0 Å². The predicted molar refractivity (Wildman–Crippen MR) is 67.0 cm³/mol. The number of nitrogens with zero attached hydrogens (tertiary/aromatic N) is 1. The molecule has 0 aromatic rings. The van der Waals surface area contributed by atoms with Crippen LogP contribution in [-0.2, 0) is 9.47 Å². The number of piperidine rings is 1. The van der Waals surface area contributed by atoms with Crippen LogP contribution in [0.4, 0.5) is 4.79 Å². The molecule has 1 atom stereocenters. The fraction of sp³-hybridized carbons (Fsp3) is 0.923. The van der Waals surface area contributed by atoms with Crippen molar-refractivity contribution in [2.24, 2.45) is 5.41 Å². The van der Waals surface area contributed by atoms with Gasteiger partial charge in [0, 0.05) is 25.6 Å². The number of hydrogen-bond acceptors (Lipinski definition) is 3. The molecule has 0 bridgehead atoms. The molecule has 100 valence electrons. The molecule has 1 rings (SSSR count). The molecular formula is C13H25NO3. The minimum atomic E-state index is -0.431. The van der Waals surface area contributed by atoms with E-state index in [-0.39, 0.29) is 17.6 Å². The summed E-state index contributed by atoms with van der Waals surface area (Å²) < 4.78 is 10.8. The van der Waals surface area contributed by atoms with Crippen molar-refractivity contribution in [1.29, 1.82) is 0 Å². The molecule has 0 aromatic carbocycles. The van der Waals surface area contributed by atoms with Crippen molar-refractivity contribution in [3.05, 3.63) is 0 Å². The highest BCUT2D eigenvalue weighted by Crippen LogP contribution is 2.31. The van der Waals surface area contributed by atoms with Crippen molar-refractivity contribution in [3.63, 3.8) is 0 Å². The fourth-order valence-corrected chi connectivity index (χ4v) is 2.26. The van der Waals surface area contributed by atoms with Crippen molar-refractivity contribution < 1.29 is 14.3 Å². The summed E-state index contributed by atoms with van der Waals surface area (Å²) in [7, 11) is 1.73. The topological polar surface area (TPSA) is 38.8 Å². The zero-order valence-corrected chi connectivity index (χ0v) is 11.9. The van der Waals surface area contributed by atoms with E-state index in [0.29, 0.717) is 13.1 Å². The van der Waals surface area contributed by atoms with Crippen LogP contribution in [0, 0.1) is 5.41 Å². The minimum absolute atomic E-state index is 0.0239. The van der Waals surface area contributed by atoms with Crippen molar-refractivity contribution >= 4 is 6.09 Å².